The molecule has 0 N–H and O–H groups in total. The van der Waals surface area contributed by atoms with Crippen LogP contribution in [0.3, 0.4) is 0 Å². The van der Waals surface area contributed by atoms with E-state index in [2.05, 4.69) is 0 Å². The molecule has 19 heavy (non-hydrogen) atoms. The molecule has 1 aliphatic heterocycles. The molecule has 108 valence electrons. The lowest BCUT2D eigenvalue weighted by atomic mass is 9.99. The maximum absolute atomic E-state index is 12.7. The molecular formula is C10H11ClF3NO2S2. The zero-order valence-corrected chi connectivity index (χ0v) is 12.0. The van der Waals surface area contributed by atoms with Crippen LogP contribution in [0.25, 0.3) is 0 Å². The lowest BCUT2D eigenvalue weighted by Crippen LogP contribution is -2.44. The van der Waals surface area contributed by atoms with E-state index in [1.54, 1.807) is 0 Å². The number of nitrogens with zero attached hydrogens (tertiary/aromatic N) is 1. The van der Waals surface area contributed by atoms with Crippen molar-refractivity contribution in [1.29, 1.82) is 0 Å². The fourth-order valence-corrected chi connectivity index (χ4v) is 5.15. The lowest BCUT2D eigenvalue weighted by Gasteiger charge is -2.32. The lowest BCUT2D eigenvalue weighted by molar-refractivity contribution is -0.182. The van der Waals surface area contributed by atoms with Gasteiger partial charge in [-0.1, -0.05) is 11.6 Å². The second-order valence-electron chi connectivity index (χ2n) is 4.30. The average Bonchev–Trinajstić information content (AvgIpc) is 2.76. The number of alkyl halides is 3. The van der Waals surface area contributed by atoms with Gasteiger partial charge in [-0.25, -0.2) is 8.42 Å². The van der Waals surface area contributed by atoms with Crippen molar-refractivity contribution in [2.75, 3.05) is 13.1 Å². The van der Waals surface area contributed by atoms with Gasteiger partial charge in [0, 0.05) is 13.1 Å². The minimum Gasteiger partial charge on any atom is -0.206 e. The summed E-state index contributed by atoms with van der Waals surface area (Å²) in [5.74, 6) is -1.59. The maximum Gasteiger partial charge on any atom is 0.393 e. The number of sulfonamides is 1. The van der Waals surface area contributed by atoms with E-state index in [0.717, 1.165) is 15.6 Å². The molecule has 0 aliphatic carbocycles. The maximum atomic E-state index is 12.7. The second-order valence-corrected chi connectivity index (χ2v) is 8.18. The Balaban J connectivity index is 2.22. The van der Waals surface area contributed by atoms with Crippen molar-refractivity contribution in [3.05, 3.63) is 16.5 Å². The van der Waals surface area contributed by atoms with Gasteiger partial charge in [0.2, 0.25) is 0 Å². The van der Waals surface area contributed by atoms with Crippen LogP contribution in [0.1, 0.15) is 12.8 Å². The number of rotatable bonds is 2. The first-order chi connectivity index (χ1) is 8.71. The second kappa shape index (κ2) is 5.23. The third-order valence-corrected chi connectivity index (χ3v) is 6.55. The molecule has 9 heteroatoms. The van der Waals surface area contributed by atoms with Crippen molar-refractivity contribution in [1.82, 2.24) is 4.31 Å². The summed E-state index contributed by atoms with van der Waals surface area (Å²) in [6, 6.07) is 2.74. The summed E-state index contributed by atoms with van der Waals surface area (Å²) in [6.07, 6.45) is -4.18. The van der Waals surface area contributed by atoms with E-state index in [1.807, 2.05) is 0 Å². The first-order valence-corrected chi connectivity index (χ1v) is 8.17. The van der Waals surface area contributed by atoms with Crippen molar-refractivity contribution in [2.45, 2.75) is 23.2 Å². The van der Waals surface area contributed by atoms with Crippen LogP contribution in [0.4, 0.5) is 13.2 Å². The summed E-state index contributed by atoms with van der Waals surface area (Å²) in [4.78, 5) is 0. The molecule has 1 saturated heterocycles. The van der Waals surface area contributed by atoms with Crippen LogP contribution in [0, 0.1) is 5.92 Å². The molecule has 0 spiro atoms. The van der Waals surface area contributed by atoms with Crippen LogP contribution in [0.5, 0.6) is 0 Å². The van der Waals surface area contributed by atoms with Crippen LogP contribution >= 0.6 is 22.9 Å². The summed E-state index contributed by atoms with van der Waals surface area (Å²) in [7, 11) is -3.87. The predicted octanol–water partition coefficient (Wildman–Crippen LogP) is 3.36. The topological polar surface area (TPSA) is 37.4 Å². The van der Waals surface area contributed by atoms with Gasteiger partial charge in [0.25, 0.3) is 10.0 Å². The highest BCUT2D eigenvalue weighted by molar-refractivity contribution is 7.91. The zero-order chi connectivity index (χ0) is 14.3. The molecule has 3 nitrogen and oxygen atoms in total. The number of halogens is 4. The van der Waals surface area contributed by atoms with Crippen molar-refractivity contribution in [2.24, 2.45) is 5.92 Å². The van der Waals surface area contributed by atoms with Gasteiger partial charge in [0.05, 0.1) is 10.3 Å². The van der Waals surface area contributed by atoms with Crippen LogP contribution in [0.2, 0.25) is 4.34 Å². The molecule has 2 rings (SSSR count). The molecule has 0 aromatic carbocycles. The van der Waals surface area contributed by atoms with E-state index in [0.29, 0.717) is 4.34 Å². The third kappa shape index (κ3) is 3.24. The summed E-state index contributed by atoms with van der Waals surface area (Å²) < 4.78 is 63.6. The highest BCUT2D eigenvalue weighted by atomic mass is 35.5. The molecule has 1 atom stereocenters. The van der Waals surface area contributed by atoms with Crippen LogP contribution < -0.4 is 0 Å². The van der Waals surface area contributed by atoms with Gasteiger partial charge in [-0.15, -0.1) is 11.3 Å². The largest absolute Gasteiger partial charge is 0.393 e. The molecule has 0 unspecified atom stereocenters. The number of piperidine rings is 1. The summed E-state index contributed by atoms with van der Waals surface area (Å²) in [6.45, 7) is -0.397. The minimum absolute atomic E-state index is 0.0136. The quantitative estimate of drug-likeness (QED) is 0.832. The van der Waals surface area contributed by atoms with E-state index < -0.39 is 28.7 Å². The van der Waals surface area contributed by atoms with Crippen LogP contribution in [0.15, 0.2) is 16.3 Å². The van der Waals surface area contributed by atoms with E-state index >= 15 is 0 Å². The molecule has 2 heterocycles. The van der Waals surface area contributed by atoms with Gasteiger partial charge in [-0.3, -0.25) is 0 Å². The van der Waals surface area contributed by atoms with Crippen molar-refractivity contribution < 1.29 is 21.6 Å². The fourth-order valence-electron chi connectivity index (χ4n) is 1.99. The van der Waals surface area contributed by atoms with Gasteiger partial charge in [0.15, 0.2) is 0 Å². The van der Waals surface area contributed by atoms with Gasteiger partial charge < -0.3 is 0 Å². The monoisotopic (exact) mass is 333 g/mol. The molecule has 1 aliphatic rings. The summed E-state index contributed by atoms with van der Waals surface area (Å²) >= 11 is 6.51. The molecular weight excluding hydrogens is 323 g/mol. The Morgan fingerprint density at radius 2 is 2.05 bits per heavy atom. The van der Waals surface area contributed by atoms with Crippen LogP contribution in [-0.4, -0.2) is 32.0 Å². The molecule has 1 aromatic rings. The first-order valence-electron chi connectivity index (χ1n) is 5.53. The first kappa shape index (κ1) is 15.1. The average molecular weight is 334 g/mol. The number of hydrogen-bond donors (Lipinski definition) is 0. The van der Waals surface area contributed by atoms with E-state index in [4.69, 9.17) is 11.6 Å². The van der Waals surface area contributed by atoms with Crippen molar-refractivity contribution in [3.8, 4) is 0 Å². The molecule has 0 saturated carbocycles. The van der Waals surface area contributed by atoms with E-state index in [9.17, 15) is 21.6 Å². The van der Waals surface area contributed by atoms with Gasteiger partial charge in [-0.2, -0.15) is 17.5 Å². The smallest absolute Gasteiger partial charge is 0.206 e. The van der Waals surface area contributed by atoms with Gasteiger partial charge in [0.1, 0.15) is 4.21 Å². The highest BCUT2D eigenvalue weighted by Gasteiger charge is 2.44. The van der Waals surface area contributed by atoms with E-state index in [-0.39, 0.29) is 23.6 Å². The van der Waals surface area contributed by atoms with Gasteiger partial charge >= 0.3 is 6.18 Å². The summed E-state index contributed by atoms with van der Waals surface area (Å²) in [5, 5.41) is 0. The fraction of sp³-hybridized carbons (Fsp3) is 0.600. The van der Waals surface area contributed by atoms with Crippen molar-refractivity contribution in [3.63, 3.8) is 0 Å². The Morgan fingerprint density at radius 1 is 1.37 bits per heavy atom. The Morgan fingerprint density at radius 3 is 2.58 bits per heavy atom. The normalized spacial score (nSPS) is 22.6. The van der Waals surface area contributed by atoms with E-state index in [1.165, 1.54) is 12.1 Å². The molecule has 1 fully saturated rings. The molecule has 0 amide bonds. The summed E-state index contributed by atoms with van der Waals surface area (Å²) in [5.41, 5.74) is 0. The van der Waals surface area contributed by atoms with Crippen LogP contribution in [-0.2, 0) is 10.0 Å². The third-order valence-electron chi connectivity index (χ3n) is 2.99. The standard InChI is InChI=1S/C10H11ClF3NO2S2/c11-8-3-4-9(18-8)19(16,17)15-5-1-2-7(6-15)10(12,13)14/h3-4,7H,1-2,5-6H2/t7-/m0/s1. The van der Waals surface area contributed by atoms with Gasteiger partial charge in [-0.05, 0) is 25.0 Å². The highest BCUT2D eigenvalue weighted by Crippen LogP contribution is 2.36. The molecule has 1 aromatic heterocycles. The predicted molar refractivity (Wildman–Crippen MR) is 66.9 cm³/mol. The number of thiophene rings is 1. The Bertz CT molecular complexity index is 555. The Labute approximate surface area is 118 Å². The Kier molecular flexibility index (Phi) is 4.15. The molecule has 0 radical (unpaired) electrons. The molecule has 0 bridgehead atoms. The minimum atomic E-state index is -4.36. The SMILES string of the molecule is O=S(=O)(c1ccc(Cl)s1)N1CCC[C@H](C(F)(F)F)C1. The zero-order valence-electron chi connectivity index (χ0n) is 9.65. The Hall–Kier alpha value is -0.310. The van der Waals surface area contributed by atoms with Crippen molar-refractivity contribution >= 4 is 33.0 Å². The number of hydrogen-bond acceptors (Lipinski definition) is 3.